The number of fused-ring (bicyclic) bond motifs is 5. The third-order valence-electron chi connectivity index (χ3n) is 3.67. The molecule has 0 radical (unpaired) electrons. The Morgan fingerprint density at radius 3 is 2.55 bits per heavy atom. The van der Waals surface area contributed by atoms with Crippen LogP contribution in [0.2, 0.25) is 0 Å². The molecule has 20 heavy (non-hydrogen) atoms. The lowest BCUT2D eigenvalue weighted by molar-refractivity contribution is -0.592. The third kappa shape index (κ3) is 1.25. The lowest BCUT2D eigenvalue weighted by atomic mass is 10.0. The van der Waals surface area contributed by atoms with Crippen LogP contribution >= 0.6 is 0 Å². The van der Waals surface area contributed by atoms with Gasteiger partial charge in [-0.1, -0.05) is 12.1 Å². The molecule has 4 nitrogen and oxygen atoms in total. The van der Waals surface area contributed by atoms with Crippen molar-refractivity contribution >= 4 is 16.6 Å². The molecule has 0 unspecified atom stereocenters. The molecule has 0 amide bonds. The van der Waals surface area contributed by atoms with Gasteiger partial charge < -0.3 is 10.2 Å². The Labute approximate surface area is 114 Å². The SMILES string of the molecule is O=C1c2ccccc2-[n+]2ccc3cc(O)c(O)cc3c21. The van der Waals surface area contributed by atoms with Gasteiger partial charge in [0.15, 0.2) is 17.7 Å². The second-order valence-electron chi connectivity index (χ2n) is 4.81. The van der Waals surface area contributed by atoms with Crippen LogP contribution in [0.25, 0.3) is 16.5 Å². The molecule has 2 aromatic carbocycles. The maximum atomic E-state index is 12.5. The Balaban J connectivity index is 2.15. The standard InChI is InChI=1S/C16H9NO3/c18-13-7-9-5-6-17-12-4-2-1-3-10(12)16(20)15(17)11(9)8-14(13)19/h1-8H,(H,19,20)/p+1. The van der Waals surface area contributed by atoms with Gasteiger partial charge in [-0.3, -0.25) is 4.79 Å². The highest BCUT2D eigenvalue weighted by atomic mass is 16.3. The van der Waals surface area contributed by atoms with Crippen LogP contribution in [0.5, 0.6) is 11.5 Å². The van der Waals surface area contributed by atoms with E-state index in [0.29, 0.717) is 22.0 Å². The van der Waals surface area contributed by atoms with Crippen molar-refractivity contribution < 1.29 is 19.6 Å². The summed E-state index contributed by atoms with van der Waals surface area (Å²) in [5.41, 5.74) is 1.99. The zero-order chi connectivity index (χ0) is 13.9. The second kappa shape index (κ2) is 3.57. The van der Waals surface area contributed by atoms with Gasteiger partial charge in [-0.25, -0.2) is 0 Å². The molecule has 2 N–H and O–H groups in total. The number of phenolic OH excluding ortho intramolecular Hbond substituents is 2. The van der Waals surface area contributed by atoms with Crippen molar-refractivity contribution in [3.63, 3.8) is 0 Å². The van der Waals surface area contributed by atoms with E-state index >= 15 is 0 Å². The summed E-state index contributed by atoms with van der Waals surface area (Å²) in [6.45, 7) is 0. The highest BCUT2D eigenvalue weighted by Crippen LogP contribution is 2.33. The predicted octanol–water partition coefficient (Wildman–Crippen LogP) is 2.07. The number of rotatable bonds is 0. The minimum Gasteiger partial charge on any atom is -0.504 e. The molecular formula is C16H10NO3+. The summed E-state index contributed by atoms with van der Waals surface area (Å²) < 4.78 is 1.82. The number of carbonyl (C=O) groups excluding carboxylic acids is 1. The van der Waals surface area contributed by atoms with Gasteiger partial charge in [-0.05, 0) is 23.6 Å². The van der Waals surface area contributed by atoms with Crippen molar-refractivity contribution in [1.29, 1.82) is 0 Å². The van der Waals surface area contributed by atoms with Crippen molar-refractivity contribution in [3.8, 4) is 17.2 Å². The lowest BCUT2D eigenvalue weighted by Crippen LogP contribution is -2.31. The number of hydrogen-bond acceptors (Lipinski definition) is 3. The van der Waals surface area contributed by atoms with E-state index in [1.807, 2.05) is 28.8 Å². The van der Waals surface area contributed by atoms with Crippen LogP contribution in [0.1, 0.15) is 16.1 Å². The van der Waals surface area contributed by atoms with Crippen LogP contribution in [0.4, 0.5) is 0 Å². The van der Waals surface area contributed by atoms with Gasteiger partial charge in [0.05, 0.1) is 5.39 Å². The summed E-state index contributed by atoms with van der Waals surface area (Å²) in [5, 5.41) is 20.6. The molecule has 2 heterocycles. The van der Waals surface area contributed by atoms with Gasteiger partial charge in [-0.15, -0.1) is 0 Å². The Morgan fingerprint density at radius 1 is 0.950 bits per heavy atom. The number of aromatic nitrogens is 1. The Hall–Kier alpha value is -2.88. The van der Waals surface area contributed by atoms with Crippen LogP contribution < -0.4 is 4.57 Å². The molecule has 1 aromatic heterocycles. The fourth-order valence-electron chi connectivity index (χ4n) is 2.73. The molecule has 4 heteroatoms. The Bertz CT molecular complexity index is 900. The first-order valence-corrected chi connectivity index (χ1v) is 6.21. The number of pyridine rings is 1. The minimum atomic E-state index is -0.227. The van der Waals surface area contributed by atoms with Crippen LogP contribution in [0, 0.1) is 0 Å². The fraction of sp³-hybridized carbons (Fsp3) is 0. The van der Waals surface area contributed by atoms with E-state index in [4.69, 9.17) is 0 Å². The van der Waals surface area contributed by atoms with Crippen LogP contribution in [0.3, 0.4) is 0 Å². The molecule has 0 fully saturated rings. The number of hydrogen-bond donors (Lipinski definition) is 2. The van der Waals surface area contributed by atoms with E-state index in [0.717, 1.165) is 5.69 Å². The summed E-state index contributed by atoms with van der Waals surface area (Å²) in [5.74, 6) is -0.489. The highest BCUT2D eigenvalue weighted by molar-refractivity contribution is 6.17. The van der Waals surface area contributed by atoms with E-state index in [9.17, 15) is 15.0 Å². The molecule has 0 spiro atoms. The van der Waals surface area contributed by atoms with Crippen molar-refractivity contribution in [2.75, 3.05) is 0 Å². The molecule has 0 atom stereocenters. The summed E-state index contributed by atoms with van der Waals surface area (Å²) in [7, 11) is 0. The Morgan fingerprint density at radius 2 is 1.70 bits per heavy atom. The highest BCUT2D eigenvalue weighted by Gasteiger charge is 2.37. The first-order valence-electron chi connectivity index (χ1n) is 6.21. The quantitative estimate of drug-likeness (QED) is 0.377. The van der Waals surface area contributed by atoms with Crippen molar-refractivity contribution in [1.82, 2.24) is 0 Å². The van der Waals surface area contributed by atoms with Crippen molar-refractivity contribution in [2.45, 2.75) is 0 Å². The van der Waals surface area contributed by atoms with Gasteiger partial charge in [0, 0.05) is 12.1 Å². The second-order valence-corrected chi connectivity index (χ2v) is 4.81. The van der Waals surface area contributed by atoms with Gasteiger partial charge in [0.2, 0.25) is 5.69 Å². The first-order chi connectivity index (χ1) is 9.66. The zero-order valence-corrected chi connectivity index (χ0v) is 10.4. The van der Waals surface area contributed by atoms with Crippen molar-refractivity contribution in [2.24, 2.45) is 0 Å². The van der Waals surface area contributed by atoms with E-state index in [2.05, 4.69) is 0 Å². The molecule has 0 saturated heterocycles. The third-order valence-corrected chi connectivity index (χ3v) is 3.67. The molecule has 1 aliphatic rings. The first kappa shape index (κ1) is 11.0. The van der Waals surface area contributed by atoms with Gasteiger partial charge in [-0.2, -0.15) is 4.57 Å². The molecular weight excluding hydrogens is 254 g/mol. The number of nitrogens with zero attached hydrogens (tertiary/aromatic N) is 1. The number of benzene rings is 2. The minimum absolute atomic E-state index is 0.0729. The smallest absolute Gasteiger partial charge is 0.267 e. The topological polar surface area (TPSA) is 61.4 Å². The van der Waals surface area contributed by atoms with E-state index in [1.165, 1.54) is 12.1 Å². The summed E-state index contributed by atoms with van der Waals surface area (Å²) >= 11 is 0. The Kier molecular flexibility index (Phi) is 1.96. The molecule has 4 rings (SSSR count). The molecule has 1 aliphatic heterocycles. The molecule has 96 valence electrons. The maximum absolute atomic E-state index is 12.5. The number of carbonyl (C=O) groups is 1. The largest absolute Gasteiger partial charge is 0.504 e. The predicted molar refractivity (Wildman–Crippen MR) is 72.2 cm³/mol. The summed E-state index contributed by atoms with van der Waals surface area (Å²) in [6.07, 6.45) is 1.80. The molecule has 3 aromatic rings. The van der Waals surface area contributed by atoms with Gasteiger partial charge in [0.25, 0.3) is 11.5 Å². The van der Waals surface area contributed by atoms with E-state index in [-0.39, 0.29) is 17.3 Å². The molecule has 0 aliphatic carbocycles. The zero-order valence-electron chi connectivity index (χ0n) is 10.4. The summed E-state index contributed by atoms with van der Waals surface area (Å²) in [4.78, 5) is 12.5. The average Bonchev–Trinajstić information content (AvgIpc) is 2.75. The lowest BCUT2D eigenvalue weighted by Gasteiger charge is -2.02. The number of para-hydroxylation sites is 1. The van der Waals surface area contributed by atoms with E-state index in [1.54, 1.807) is 12.3 Å². The number of ketones is 1. The number of aromatic hydroxyl groups is 2. The molecule has 0 bridgehead atoms. The van der Waals surface area contributed by atoms with Crippen LogP contribution in [-0.2, 0) is 0 Å². The monoisotopic (exact) mass is 264 g/mol. The fourth-order valence-corrected chi connectivity index (χ4v) is 2.73. The average molecular weight is 264 g/mol. The maximum Gasteiger partial charge on any atom is 0.267 e. The molecule has 0 saturated carbocycles. The summed E-state index contributed by atoms with van der Waals surface area (Å²) in [6, 6.07) is 12.1. The van der Waals surface area contributed by atoms with Gasteiger partial charge in [0.1, 0.15) is 5.56 Å². The number of phenols is 2. The van der Waals surface area contributed by atoms with Gasteiger partial charge >= 0.3 is 0 Å². The van der Waals surface area contributed by atoms with Crippen molar-refractivity contribution in [3.05, 3.63) is 59.9 Å². The normalized spacial score (nSPS) is 12.5. The van der Waals surface area contributed by atoms with E-state index < -0.39 is 0 Å². The van der Waals surface area contributed by atoms with Crippen LogP contribution in [0.15, 0.2) is 48.7 Å². The van der Waals surface area contributed by atoms with Crippen LogP contribution in [-0.4, -0.2) is 16.0 Å².